The number of hydrogen-bond acceptors (Lipinski definition) is 6. The normalized spacial score (nSPS) is 13.5. The topological polar surface area (TPSA) is 67.8 Å². The van der Waals surface area contributed by atoms with Crippen molar-refractivity contribution in [1.29, 1.82) is 0 Å². The maximum absolute atomic E-state index is 13.2. The molecule has 0 radical (unpaired) electrons. The summed E-state index contributed by atoms with van der Waals surface area (Å²) in [6.07, 6.45) is 3.38. The van der Waals surface area contributed by atoms with E-state index < -0.39 is 0 Å². The maximum atomic E-state index is 13.2. The van der Waals surface area contributed by atoms with Crippen LogP contribution in [0.2, 0.25) is 0 Å². The molecule has 0 saturated heterocycles. The van der Waals surface area contributed by atoms with E-state index in [-0.39, 0.29) is 12.5 Å². The zero-order chi connectivity index (χ0) is 21.8. The summed E-state index contributed by atoms with van der Waals surface area (Å²) in [5.41, 5.74) is 2.63. The van der Waals surface area contributed by atoms with Crippen molar-refractivity contribution in [3.8, 4) is 11.5 Å². The average Bonchev–Trinajstić information content (AvgIpc) is 2.95. The predicted octanol–water partition coefficient (Wildman–Crippen LogP) is 3.62. The number of amides is 1. The van der Waals surface area contributed by atoms with Crippen LogP contribution in [0.4, 0.5) is 11.6 Å². The molecule has 0 bridgehead atoms. The van der Waals surface area contributed by atoms with Gasteiger partial charge in [0.15, 0.2) is 29.7 Å². The molecule has 31 heavy (non-hydrogen) atoms. The van der Waals surface area contributed by atoms with E-state index in [9.17, 15) is 4.79 Å². The van der Waals surface area contributed by atoms with Gasteiger partial charge >= 0.3 is 0 Å². The van der Waals surface area contributed by atoms with Gasteiger partial charge < -0.3 is 14.4 Å². The van der Waals surface area contributed by atoms with Crippen molar-refractivity contribution in [2.75, 3.05) is 43.7 Å². The Bertz CT molecular complexity index is 1120. The van der Waals surface area contributed by atoms with Gasteiger partial charge in [-0.3, -0.25) is 9.69 Å². The van der Waals surface area contributed by atoms with Gasteiger partial charge in [-0.15, -0.1) is 6.58 Å². The van der Waals surface area contributed by atoms with Crippen molar-refractivity contribution in [3.05, 3.63) is 60.7 Å². The third kappa shape index (κ3) is 4.30. The lowest BCUT2D eigenvalue weighted by Crippen LogP contribution is -2.36. The average molecular weight is 418 g/mol. The van der Waals surface area contributed by atoms with Crippen LogP contribution in [0.3, 0.4) is 0 Å². The molecule has 0 atom stereocenters. The van der Waals surface area contributed by atoms with Crippen LogP contribution in [-0.4, -0.2) is 49.7 Å². The third-order valence-corrected chi connectivity index (χ3v) is 5.29. The molecule has 2 heterocycles. The monoisotopic (exact) mass is 418 g/mol. The van der Waals surface area contributed by atoms with Crippen LogP contribution in [0.1, 0.15) is 12.0 Å². The Balaban J connectivity index is 1.58. The number of fused-ring (bicyclic) bond motifs is 2. The molecule has 3 aromatic rings. The molecule has 0 fully saturated rings. The number of ether oxygens (including phenoxy) is 2. The first-order valence-corrected chi connectivity index (χ1v) is 10.3. The van der Waals surface area contributed by atoms with E-state index in [1.165, 1.54) is 0 Å². The largest absolute Gasteiger partial charge is 0.493 e. The van der Waals surface area contributed by atoms with Crippen LogP contribution in [0.25, 0.3) is 11.0 Å². The molecule has 0 spiro atoms. The second kappa shape index (κ2) is 9.04. The fourth-order valence-electron chi connectivity index (χ4n) is 3.68. The van der Waals surface area contributed by atoms with Gasteiger partial charge in [0.25, 0.3) is 5.91 Å². The molecule has 0 N–H and O–H groups in total. The van der Waals surface area contributed by atoms with Gasteiger partial charge in [0.1, 0.15) is 0 Å². The van der Waals surface area contributed by atoms with Crippen molar-refractivity contribution in [3.63, 3.8) is 0 Å². The molecular weight excluding hydrogens is 392 g/mol. The highest BCUT2D eigenvalue weighted by molar-refractivity contribution is 5.97. The summed E-state index contributed by atoms with van der Waals surface area (Å²) in [6.45, 7) is 4.99. The Morgan fingerprint density at radius 1 is 1.10 bits per heavy atom. The molecule has 1 aromatic heterocycles. The molecule has 0 saturated carbocycles. The molecule has 0 aliphatic carbocycles. The summed E-state index contributed by atoms with van der Waals surface area (Å²) >= 11 is 0. The number of aromatic nitrogens is 2. The minimum atomic E-state index is -0.168. The van der Waals surface area contributed by atoms with Gasteiger partial charge in [-0.2, -0.15) is 0 Å². The number of para-hydroxylation sites is 2. The van der Waals surface area contributed by atoms with Crippen LogP contribution in [-0.2, 0) is 11.2 Å². The number of benzene rings is 2. The summed E-state index contributed by atoms with van der Waals surface area (Å²) in [5, 5.41) is 0. The van der Waals surface area contributed by atoms with E-state index in [1.54, 1.807) is 12.0 Å². The van der Waals surface area contributed by atoms with Crippen LogP contribution in [0.15, 0.2) is 55.1 Å². The first kappa shape index (κ1) is 20.7. The molecule has 1 aliphatic heterocycles. The predicted molar refractivity (Wildman–Crippen MR) is 122 cm³/mol. The van der Waals surface area contributed by atoms with E-state index >= 15 is 0 Å². The number of rotatable bonds is 6. The second-order valence-corrected chi connectivity index (χ2v) is 7.45. The van der Waals surface area contributed by atoms with Crippen LogP contribution in [0, 0.1) is 0 Å². The first-order valence-electron chi connectivity index (χ1n) is 10.3. The lowest BCUT2D eigenvalue weighted by molar-refractivity contribution is -0.120. The van der Waals surface area contributed by atoms with Crippen LogP contribution in [0.5, 0.6) is 11.5 Å². The lowest BCUT2D eigenvalue weighted by atomic mass is 10.1. The molecular formula is C24H26N4O3. The van der Waals surface area contributed by atoms with Crippen LogP contribution < -0.4 is 19.3 Å². The van der Waals surface area contributed by atoms with E-state index in [0.717, 1.165) is 36.0 Å². The molecule has 2 aromatic carbocycles. The number of allylic oxidation sites excluding steroid dienone is 1. The van der Waals surface area contributed by atoms with E-state index in [0.29, 0.717) is 29.7 Å². The molecule has 1 aliphatic rings. The Labute approximate surface area is 181 Å². The van der Waals surface area contributed by atoms with Gasteiger partial charge in [-0.05, 0) is 42.7 Å². The minimum Gasteiger partial charge on any atom is -0.493 e. The highest BCUT2D eigenvalue weighted by Crippen LogP contribution is 2.31. The van der Waals surface area contributed by atoms with Gasteiger partial charge in [-0.25, -0.2) is 9.97 Å². The van der Waals surface area contributed by atoms with Gasteiger partial charge in [-0.1, -0.05) is 24.3 Å². The van der Waals surface area contributed by atoms with Gasteiger partial charge in [0.05, 0.1) is 18.1 Å². The Hall–Kier alpha value is -3.61. The standard InChI is InChI=1S/C24H26N4O3/c1-4-8-17-11-12-20(21(15-17)30-3)31-16-22(29)28-14-7-13-27(2)23-24(28)26-19-10-6-5-9-18(19)25-23/h4-6,9-12,15H,1,7-8,13-14,16H2,2-3H3. The summed E-state index contributed by atoms with van der Waals surface area (Å²) in [4.78, 5) is 26.4. The highest BCUT2D eigenvalue weighted by atomic mass is 16.5. The van der Waals surface area contributed by atoms with E-state index in [4.69, 9.17) is 19.4 Å². The summed E-state index contributed by atoms with van der Waals surface area (Å²) in [5.74, 6) is 2.23. The van der Waals surface area contributed by atoms with Crippen LogP contribution >= 0.6 is 0 Å². The van der Waals surface area contributed by atoms with Crippen molar-refractivity contribution in [2.24, 2.45) is 0 Å². The van der Waals surface area contributed by atoms with Crippen molar-refractivity contribution < 1.29 is 14.3 Å². The Morgan fingerprint density at radius 3 is 2.55 bits per heavy atom. The van der Waals surface area contributed by atoms with E-state index in [1.807, 2.05) is 60.5 Å². The number of carbonyl (C=O) groups is 1. The number of carbonyl (C=O) groups excluding carboxylic acids is 1. The van der Waals surface area contributed by atoms with Crippen molar-refractivity contribution in [2.45, 2.75) is 12.8 Å². The SMILES string of the molecule is C=CCc1ccc(OCC(=O)N2CCCN(C)c3nc4ccccc4nc32)c(OC)c1. The third-order valence-electron chi connectivity index (χ3n) is 5.29. The maximum Gasteiger partial charge on any atom is 0.266 e. The fraction of sp³-hybridized carbons (Fsp3) is 0.292. The number of nitrogens with zero attached hydrogens (tertiary/aromatic N) is 4. The van der Waals surface area contributed by atoms with Crippen molar-refractivity contribution in [1.82, 2.24) is 9.97 Å². The molecule has 4 rings (SSSR count). The number of anilines is 2. The molecule has 0 unspecified atom stereocenters. The molecule has 7 nitrogen and oxygen atoms in total. The minimum absolute atomic E-state index is 0.116. The smallest absolute Gasteiger partial charge is 0.266 e. The van der Waals surface area contributed by atoms with Crippen molar-refractivity contribution >= 4 is 28.6 Å². The number of hydrogen-bond donors (Lipinski definition) is 0. The van der Waals surface area contributed by atoms with Gasteiger partial charge in [0, 0.05) is 20.1 Å². The quantitative estimate of drug-likeness (QED) is 0.570. The molecule has 1 amide bonds. The fourth-order valence-corrected chi connectivity index (χ4v) is 3.68. The summed E-state index contributed by atoms with van der Waals surface area (Å²) < 4.78 is 11.3. The second-order valence-electron chi connectivity index (χ2n) is 7.45. The highest BCUT2D eigenvalue weighted by Gasteiger charge is 2.27. The van der Waals surface area contributed by atoms with Gasteiger partial charge in [0.2, 0.25) is 0 Å². The summed E-state index contributed by atoms with van der Waals surface area (Å²) in [7, 11) is 3.56. The Kier molecular flexibility index (Phi) is 6.02. The summed E-state index contributed by atoms with van der Waals surface area (Å²) in [6, 6.07) is 13.3. The first-order chi connectivity index (χ1) is 15.1. The van der Waals surface area contributed by atoms with E-state index in [2.05, 4.69) is 6.58 Å². The lowest BCUT2D eigenvalue weighted by Gasteiger charge is -2.23. The molecule has 160 valence electrons. The zero-order valence-corrected chi connectivity index (χ0v) is 17.9. The number of methoxy groups -OCH3 is 1. The molecule has 7 heteroatoms. The Morgan fingerprint density at radius 2 is 1.84 bits per heavy atom. The zero-order valence-electron chi connectivity index (χ0n) is 17.9.